The van der Waals surface area contributed by atoms with Gasteiger partial charge in [-0.25, -0.2) is 4.98 Å². The molecule has 0 aliphatic carbocycles. The van der Waals surface area contributed by atoms with Crippen molar-refractivity contribution in [3.05, 3.63) is 18.1 Å². The van der Waals surface area contributed by atoms with Crippen LogP contribution in [0.4, 0.5) is 5.82 Å². The van der Waals surface area contributed by atoms with Gasteiger partial charge in [-0.05, 0) is 32.4 Å². The standard InChI is InChI=1S/C10H16N4/c1-8-10(13-5-4-12-8)14-7-9-2-3-11-6-9/h4-5,9,11H,2-3,6-7H2,1H3,(H,13,14). The Morgan fingerprint density at radius 3 is 3.07 bits per heavy atom. The number of nitrogens with one attached hydrogen (secondary N) is 2. The molecule has 1 fully saturated rings. The third kappa shape index (κ3) is 2.20. The van der Waals surface area contributed by atoms with Gasteiger partial charge in [-0.2, -0.15) is 0 Å². The van der Waals surface area contributed by atoms with E-state index in [4.69, 9.17) is 0 Å². The SMILES string of the molecule is Cc1nccnc1NCC1CCNC1. The molecule has 0 spiro atoms. The smallest absolute Gasteiger partial charge is 0.147 e. The van der Waals surface area contributed by atoms with Gasteiger partial charge >= 0.3 is 0 Å². The van der Waals surface area contributed by atoms with Crippen LogP contribution in [-0.2, 0) is 0 Å². The molecule has 0 saturated carbocycles. The molecule has 4 nitrogen and oxygen atoms in total. The predicted molar refractivity (Wildman–Crippen MR) is 56.2 cm³/mol. The minimum Gasteiger partial charge on any atom is -0.368 e. The number of aromatic nitrogens is 2. The summed E-state index contributed by atoms with van der Waals surface area (Å²) in [4.78, 5) is 8.43. The minimum atomic E-state index is 0.733. The number of anilines is 1. The molecule has 0 radical (unpaired) electrons. The highest BCUT2D eigenvalue weighted by Gasteiger charge is 2.14. The Labute approximate surface area is 84.2 Å². The van der Waals surface area contributed by atoms with Crippen LogP contribution in [0.5, 0.6) is 0 Å². The molecular formula is C10H16N4. The van der Waals surface area contributed by atoms with E-state index in [0.717, 1.165) is 37.1 Å². The molecule has 2 rings (SSSR count). The van der Waals surface area contributed by atoms with Crippen molar-refractivity contribution < 1.29 is 0 Å². The summed E-state index contributed by atoms with van der Waals surface area (Å²) in [6, 6.07) is 0. The highest BCUT2D eigenvalue weighted by Crippen LogP contribution is 2.11. The fourth-order valence-corrected chi connectivity index (χ4v) is 1.71. The molecule has 0 amide bonds. The molecule has 0 bridgehead atoms. The van der Waals surface area contributed by atoms with Crippen LogP contribution in [0.3, 0.4) is 0 Å². The monoisotopic (exact) mass is 192 g/mol. The zero-order valence-electron chi connectivity index (χ0n) is 8.45. The van der Waals surface area contributed by atoms with E-state index in [1.807, 2.05) is 6.92 Å². The summed E-state index contributed by atoms with van der Waals surface area (Å²) in [5, 5.41) is 6.69. The van der Waals surface area contributed by atoms with Gasteiger partial charge < -0.3 is 10.6 Å². The number of hydrogen-bond donors (Lipinski definition) is 2. The van der Waals surface area contributed by atoms with Crippen molar-refractivity contribution in [2.24, 2.45) is 5.92 Å². The Kier molecular flexibility index (Phi) is 2.93. The molecule has 76 valence electrons. The van der Waals surface area contributed by atoms with Crippen molar-refractivity contribution in [1.82, 2.24) is 15.3 Å². The van der Waals surface area contributed by atoms with Gasteiger partial charge in [0.1, 0.15) is 5.82 Å². The Balaban J connectivity index is 1.88. The first kappa shape index (κ1) is 9.40. The van der Waals surface area contributed by atoms with Crippen LogP contribution in [0.15, 0.2) is 12.4 Å². The van der Waals surface area contributed by atoms with E-state index in [0.29, 0.717) is 0 Å². The highest BCUT2D eigenvalue weighted by atomic mass is 15.0. The molecule has 1 aromatic heterocycles. The van der Waals surface area contributed by atoms with Gasteiger partial charge in [-0.3, -0.25) is 4.98 Å². The third-order valence-corrected chi connectivity index (χ3v) is 2.60. The quantitative estimate of drug-likeness (QED) is 0.744. The van der Waals surface area contributed by atoms with Gasteiger partial charge in [0, 0.05) is 18.9 Å². The van der Waals surface area contributed by atoms with Crippen molar-refractivity contribution in [3.8, 4) is 0 Å². The molecule has 1 aliphatic rings. The molecule has 14 heavy (non-hydrogen) atoms. The van der Waals surface area contributed by atoms with E-state index in [1.54, 1.807) is 12.4 Å². The fourth-order valence-electron chi connectivity index (χ4n) is 1.71. The van der Waals surface area contributed by atoms with Crippen LogP contribution >= 0.6 is 0 Å². The first-order chi connectivity index (χ1) is 6.86. The summed E-state index contributed by atoms with van der Waals surface area (Å²) >= 11 is 0. The molecular weight excluding hydrogens is 176 g/mol. The summed E-state index contributed by atoms with van der Waals surface area (Å²) in [5.41, 5.74) is 0.971. The van der Waals surface area contributed by atoms with Crippen LogP contribution < -0.4 is 10.6 Å². The van der Waals surface area contributed by atoms with E-state index in [-0.39, 0.29) is 0 Å². The van der Waals surface area contributed by atoms with Gasteiger partial charge in [-0.1, -0.05) is 0 Å². The largest absolute Gasteiger partial charge is 0.368 e. The van der Waals surface area contributed by atoms with E-state index in [2.05, 4.69) is 20.6 Å². The number of hydrogen-bond acceptors (Lipinski definition) is 4. The maximum atomic E-state index is 4.25. The van der Waals surface area contributed by atoms with Gasteiger partial charge in [0.15, 0.2) is 0 Å². The van der Waals surface area contributed by atoms with Crippen molar-refractivity contribution in [2.45, 2.75) is 13.3 Å². The topological polar surface area (TPSA) is 49.8 Å². The Morgan fingerprint density at radius 2 is 2.36 bits per heavy atom. The highest BCUT2D eigenvalue weighted by molar-refractivity contribution is 5.38. The predicted octanol–water partition coefficient (Wildman–Crippen LogP) is 0.806. The lowest BCUT2D eigenvalue weighted by Crippen LogP contribution is -2.18. The summed E-state index contributed by atoms with van der Waals surface area (Å²) in [7, 11) is 0. The molecule has 2 N–H and O–H groups in total. The van der Waals surface area contributed by atoms with E-state index in [1.165, 1.54) is 6.42 Å². The van der Waals surface area contributed by atoms with Crippen LogP contribution in [-0.4, -0.2) is 29.6 Å². The van der Waals surface area contributed by atoms with Gasteiger partial charge in [-0.15, -0.1) is 0 Å². The Bertz CT molecular complexity index is 294. The number of nitrogens with zero attached hydrogens (tertiary/aromatic N) is 2. The number of rotatable bonds is 3. The van der Waals surface area contributed by atoms with Crippen LogP contribution in [0.25, 0.3) is 0 Å². The molecule has 1 aliphatic heterocycles. The molecule has 1 aromatic rings. The molecule has 2 heterocycles. The second kappa shape index (κ2) is 4.37. The number of aryl methyl sites for hydroxylation is 1. The normalized spacial score (nSPS) is 21.1. The van der Waals surface area contributed by atoms with Crippen LogP contribution in [0, 0.1) is 12.8 Å². The van der Waals surface area contributed by atoms with Crippen molar-refractivity contribution in [1.29, 1.82) is 0 Å². The Morgan fingerprint density at radius 1 is 1.50 bits per heavy atom. The lowest BCUT2D eigenvalue weighted by molar-refractivity contribution is 0.613. The van der Waals surface area contributed by atoms with Gasteiger partial charge in [0.25, 0.3) is 0 Å². The van der Waals surface area contributed by atoms with Gasteiger partial charge in [0.2, 0.25) is 0 Å². The fraction of sp³-hybridized carbons (Fsp3) is 0.600. The summed E-state index contributed by atoms with van der Waals surface area (Å²) in [6.07, 6.45) is 4.70. The maximum Gasteiger partial charge on any atom is 0.147 e. The zero-order valence-corrected chi connectivity index (χ0v) is 8.45. The summed E-state index contributed by atoms with van der Waals surface area (Å²) < 4.78 is 0. The van der Waals surface area contributed by atoms with E-state index >= 15 is 0 Å². The van der Waals surface area contributed by atoms with Gasteiger partial charge in [0.05, 0.1) is 5.69 Å². The van der Waals surface area contributed by atoms with E-state index in [9.17, 15) is 0 Å². The second-order valence-corrected chi connectivity index (χ2v) is 3.73. The first-order valence-electron chi connectivity index (χ1n) is 5.08. The summed E-state index contributed by atoms with van der Waals surface area (Å²) in [6.45, 7) is 5.23. The van der Waals surface area contributed by atoms with E-state index < -0.39 is 0 Å². The lowest BCUT2D eigenvalue weighted by Gasteiger charge is -2.11. The molecule has 1 atom stereocenters. The third-order valence-electron chi connectivity index (χ3n) is 2.60. The molecule has 0 aromatic carbocycles. The lowest BCUT2D eigenvalue weighted by atomic mass is 10.1. The molecule has 4 heteroatoms. The Hall–Kier alpha value is -1.16. The average Bonchev–Trinajstić information content (AvgIpc) is 2.69. The minimum absolute atomic E-state index is 0.733. The van der Waals surface area contributed by atoms with Crippen LogP contribution in [0.1, 0.15) is 12.1 Å². The molecule has 1 saturated heterocycles. The maximum absolute atomic E-state index is 4.25. The second-order valence-electron chi connectivity index (χ2n) is 3.73. The molecule has 1 unspecified atom stereocenters. The van der Waals surface area contributed by atoms with Crippen LogP contribution in [0.2, 0.25) is 0 Å². The van der Waals surface area contributed by atoms with Crippen molar-refractivity contribution in [3.63, 3.8) is 0 Å². The zero-order chi connectivity index (χ0) is 9.80. The van der Waals surface area contributed by atoms with Crippen molar-refractivity contribution >= 4 is 5.82 Å². The first-order valence-corrected chi connectivity index (χ1v) is 5.08. The average molecular weight is 192 g/mol. The summed E-state index contributed by atoms with van der Waals surface area (Å²) in [5.74, 6) is 1.65. The van der Waals surface area contributed by atoms with Crippen molar-refractivity contribution in [2.75, 3.05) is 25.0 Å².